The number of carbonyl (C=O) groups is 1. The minimum absolute atomic E-state index is 0. The van der Waals surface area contributed by atoms with E-state index in [9.17, 15) is 4.79 Å². The molecule has 1 unspecified atom stereocenters. The molecule has 0 aliphatic carbocycles. The van der Waals surface area contributed by atoms with Gasteiger partial charge in [-0.15, -0.1) is 24.8 Å². The summed E-state index contributed by atoms with van der Waals surface area (Å²) < 4.78 is 5.18. The number of hydrogen-bond donors (Lipinski definition) is 1. The van der Waals surface area contributed by atoms with Gasteiger partial charge in [-0.05, 0) is 43.0 Å². The lowest BCUT2D eigenvalue weighted by atomic mass is 10.00. The summed E-state index contributed by atoms with van der Waals surface area (Å²) >= 11 is 0. The number of likely N-dealkylation sites (tertiary alicyclic amines) is 1. The quantitative estimate of drug-likeness (QED) is 0.855. The number of nitrogens with two attached hydrogens (primary N) is 1. The highest BCUT2D eigenvalue weighted by atomic mass is 35.5. The van der Waals surface area contributed by atoms with Gasteiger partial charge in [-0.25, -0.2) is 0 Å². The topological polar surface area (TPSA) is 68.5 Å². The fourth-order valence-electron chi connectivity index (χ4n) is 3.18. The summed E-state index contributed by atoms with van der Waals surface area (Å²) in [5.74, 6) is 0.825. The third-order valence-electron chi connectivity index (χ3n) is 4.57. The Labute approximate surface area is 166 Å². The van der Waals surface area contributed by atoms with Crippen molar-refractivity contribution in [1.29, 1.82) is 0 Å². The number of ether oxygens (including phenoxy) is 1. The van der Waals surface area contributed by atoms with Crippen molar-refractivity contribution in [1.82, 2.24) is 9.88 Å². The zero-order valence-electron chi connectivity index (χ0n) is 14.8. The number of nitrogens with zero attached hydrogens (tertiary/aromatic N) is 2. The molecule has 0 saturated carbocycles. The maximum absolute atomic E-state index is 12.9. The Morgan fingerprint density at radius 1 is 1.19 bits per heavy atom. The molecule has 7 heteroatoms. The molecule has 1 saturated heterocycles. The van der Waals surface area contributed by atoms with Crippen LogP contribution in [0.4, 0.5) is 0 Å². The molecule has 26 heavy (non-hydrogen) atoms. The molecule has 2 aromatic rings. The van der Waals surface area contributed by atoms with Crippen LogP contribution in [0, 0.1) is 0 Å². The predicted octanol–water partition coefficient (Wildman–Crippen LogP) is 3.55. The summed E-state index contributed by atoms with van der Waals surface area (Å²) in [6.45, 7) is 1.28. The van der Waals surface area contributed by atoms with Gasteiger partial charge >= 0.3 is 0 Å². The van der Waals surface area contributed by atoms with E-state index in [1.165, 1.54) is 0 Å². The van der Waals surface area contributed by atoms with E-state index in [4.69, 9.17) is 10.5 Å². The van der Waals surface area contributed by atoms with Crippen molar-refractivity contribution in [2.45, 2.75) is 25.3 Å². The second-order valence-corrected chi connectivity index (χ2v) is 6.07. The lowest BCUT2D eigenvalue weighted by molar-refractivity contribution is 0.0623. The van der Waals surface area contributed by atoms with Gasteiger partial charge in [0.05, 0.1) is 12.7 Å². The Hall–Kier alpha value is -1.82. The van der Waals surface area contributed by atoms with Crippen molar-refractivity contribution in [3.05, 3.63) is 48.3 Å². The number of halogens is 2. The van der Waals surface area contributed by atoms with Crippen molar-refractivity contribution < 1.29 is 9.53 Å². The van der Waals surface area contributed by atoms with Gasteiger partial charge in [-0.2, -0.15) is 0 Å². The molecule has 1 aliphatic heterocycles. The van der Waals surface area contributed by atoms with Crippen LogP contribution in [0.25, 0.3) is 11.1 Å². The van der Waals surface area contributed by atoms with E-state index < -0.39 is 0 Å². The maximum Gasteiger partial charge on any atom is 0.255 e. The van der Waals surface area contributed by atoms with Crippen molar-refractivity contribution in [3.63, 3.8) is 0 Å². The Kier molecular flexibility index (Phi) is 8.85. The van der Waals surface area contributed by atoms with Crippen LogP contribution in [-0.2, 0) is 0 Å². The van der Waals surface area contributed by atoms with Gasteiger partial charge in [0.1, 0.15) is 5.75 Å². The Morgan fingerprint density at radius 3 is 2.58 bits per heavy atom. The fraction of sp³-hybridized carbons (Fsp3) is 0.368. The predicted molar refractivity (Wildman–Crippen MR) is 108 cm³/mol. The third kappa shape index (κ3) is 4.87. The average Bonchev–Trinajstić information content (AvgIpc) is 2.67. The number of rotatable bonds is 4. The first kappa shape index (κ1) is 22.2. The fourth-order valence-corrected chi connectivity index (χ4v) is 3.18. The zero-order chi connectivity index (χ0) is 16.9. The second kappa shape index (κ2) is 10.4. The van der Waals surface area contributed by atoms with E-state index in [1.54, 1.807) is 19.5 Å². The molecule has 1 fully saturated rings. The number of benzene rings is 1. The molecule has 1 aliphatic rings. The summed E-state index contributed by atoms with van der Waals surface area (Å²) in [5, 5.41) is 0. The van der Waals surface area contributed by atoms with Crippen LogP contribution in [0.5, 0.6) is 5.75 Å². The summed E-state index contributed by atoms with van der Waals surface area (Å²) in [6, 6.07) is 9.77. The molecule has 142 valence electrons. The molecular weight excluding hydrogens is 373 g/mol. The molecule has 2 heterocycles. The van der Waals surface area contributed by atoms with Crippen LogP contribution in [0.2, 0.25) is 0 Å². The molecule has 1 aromatic carbocycles. The molecule has 1 amide bonds. The number of methoxy groups -OCH3 is 1. The van der Waals surface area contributed by atoms with Gasteiger partial charge in [-0.1, -0.05) is 12.1 Å². The summed E-state index contributed by atoms with van der Waals surface area (Å²) in [7, 11) is 1.64. The van der Waals surface area contributed by atoms with Crippen molar-refractivity contribution >= 4 is 30.7 Å². The van der Waals surface area contributed by atoms with E-state index in [0.717, 1.165) is 42.7 Å². The SMILES string of the molecule is COc1ccc(-c2cncc(C(=O)N3CCCCC3CN)c2)cc1.Cl.Cl. The number of aromatic nitrogens is 1. The number of hydrogen-bond acceptors (Lipinski definition) is 4. The highest BCUT2D eigenvalue weighted by Gasteiger charge is 2.26. The number of amides is 1. The average molecular weight is 398 g/mol. The first-order valence-corrected chi connectivity index (χ1v) is 8.33. The van der Waals surface area contributed by atoms with E-state index in [1.807, 2.05) is 35.2 Å². The first-order chi connectivity index (χ1) is 11.7. The molecule has 5 nitrogen and oxygen atoms in total. The normalized spacial score (nSPS) is 16.2. The Morgan fingerprint density at radius 2 is 1.92 bits per heavy atom. The molecular formula is C19H25Cl2N3O2. The monoisotopic (exact) mass is 397 g/mol. The van der Waals surface area contributed by atoms with Gasteiger partial charge in [-0.3, -0.25) is 9.78 Å². The summed E-state index contributed by atoms with van der Waals surface area (Å²) in [4.78, 5) is 19.0. The van der Waals surface area contributed by atoms with Gasteiger partial charge in [0.15, 0.2) is 0 Å². The van der Waals surface area contributed by atoms with E-state index in [2.05, 4.69) is 4.98 Å². The van der Waals surface area contributed by atoms with Crippen LogP contribution >= 0.6 is 24.8 Å². The summed E-state index contributed by atoms with van der Waals surface area (Å²) in [5.41, 5.74) is 8.38. The number of pyridine rings is 1. The van der Waals surface area contributed by atoms with Crippen LogP contribution in [-0.4, -0.2) is 42.0 Å². The molecule has 2 N–H and O–H groups in total. The smallest absolute Gasteiger partial charge is 0.255 e. The Balaban J connectivity index is 0.00000169. The van der Waals surface area contributed by atoms with Gasteiger partial charge in [0.2, 0.25) is 0 Å². The van der Waals surface area contributed by atoms with Crippen LogP contribution in [0.1, 0.15) is 29.6 Å². The third-order valence-corrected chi connectivity index (χ3v) is 4.57. The minimum Gasteiger partial charge on any atom is -0.497 e. The largest absolute Gasteiger partial charge is 0.497 e. The number of carbonyl (C=O) groups excluding carboxylic acids is 1. The van der Waals surface area contributed by atoms with Crippen LogP contribution < -0.4 is 10.5 Å². The number of piperidine rings is 1. The highest BCUT2D eigenvalue weighted by molar-refractivity contribution is 5.95. The molecule has 0 bridgehead atoms. The van der Waals surface area contributed by atoms with E-state index in [0.29, 0.717) is 12.1 Å². The molecule has 0 radical (unpaired) electrons. The molecule has 1 aromatic heterocycles. The van der Waals surface area contributed by atoms with Crippen LogP contribution in [0.3, 0.4) is 0 Å². The van der Waals surface area contributed by atoms with E-state index in [-0.39, 0.29) is 36.8 Å². The van der Waals surface area contributed by atoms with Gasteiger partial charge < -0.3 is 15.4 Å². The van der Waals surface area contributed by atoms with Gasteiger partial charge in [0.25, 0.3) is 5.91 Å². The van der Waals surface area contributed by atoms with E-state index >= 15 is 0 Å². The maximum atomic E-state index is 12.9. The van der Waals surface area contributed by atoms with Crippen molar-refractivity contribution in [2.75, 3.05) is 20.2 Å². The molecule has 0 spiro atoms. The molecule has 3 rings (SSSR count). The highest BCUT2D eigenvalue weighted by Crippen LogP contribution is 2.24. The molecule has 1 atom stereocenters. The lowest BCUT2D eigenvalue weighted by Crippen LogP contribution is -2.47. The van der Waals surface area contributed by atoms with Crippen molar-refractivity contribution in [2.24, 2.45) is 5.73 Å². The zero-order valence-corrected chi connectivity index (χ0v) is 16.4. The lowest BCUT2D eigenvalue weighted by Gasteiger charge is -2.35. The van der Waals surface area contributed by atoms with Crippen LogP contribution in [0.15, 0.2) is 42.7 Å². The second-order valence-electron chi connectivity index (χ2n) is 6.07. The minimum atomic E-state index is 0. The summed E-state index contributed by atoms with van der Waals surface area (Å²) in [6.07, 6.45) is 6.56. The van der Waals surface area contributed by atoms with Gasteiger partial charge in [0, 0.05) is 37.1 Å². The Bertz CT molecular complexity index is 710. The standard InChI is InChI=1S/C19H23N3O2.2ClH/c1-24-18-7-5-14(6-8-18)15-10-16(13-21-12-15)19(23)22-9-3-2-4-17(22)11-20;;/h5-8,10,12-13,17H,2-4,9,11,20H2,1H3;2*1H. The first-order valence-electron chi connectivity index (χ1n) is 8.33. The van der Waals surface area contributed by atoms with Crippen molar-refractivity contribution in [3.8, 4) is 16.9 Å².